The van der Waals surface area contributed by atoms with Crippen molar-refractivity contribution in [1.29, 1.82) is 0 Å². The van der Waals surface area contributed by atoms with Crippen LogP contribution in [-0.4, -0.2) is 31.7 Å². The Morgan fingerprint density at radius 1 is 1.55 bits per heavy atom. The Morgan fingerprint density at radius 2 is 2.18 bits per heavy atom. The zero-order chi connectivity index (χ0) is 8.48. The Balaban J connectivity index is 2.41. The van der Waals surface area contributed by atoms with E-state index in [-0.39, 0.29) is 12.2 Å². The van der Waals surface area contributed by atoms with Gasteiger partial charge in [0.25, 0.3) is 0 Å². The summed E-state index contributed by atoms with van der Waals surface area (Å²) >= 11 is 0. The molecule has 0 N–H and O–H groups in total. The first-order chi connectivity index (χ1) is 5.05. The highest BCUT2D eigenvalue weighted by Gasteiger charge is 2.35. The third-order valence-corrected chi connectivity index (χ3v) is 1.93. The van der Waals surface area contributed by atoms with Gasteiger partial charge in [-0.3, -0.25) is 0 Å². The van der Waals surface area contributed by atoms with Crippen LogP contribution in [0.25, 0.3) is 0 Å². The van der Waals surface area contributed by atoms with Crippen LogP contribution in [0.3, 0.4) is 0 Å². The highest BCUT2D eigenvalue weighted by Crippen LogP contribution is 2.24. The van der Waals surface area contributed by atoms with Crippen LogP contribution in [-0.2, 0) is 14.2 Å². The van der Waals surface area contributed by atoms with E-state index >= 15 is 0 Å². The minimum atomic E-state index is -0.433. The molecule has 2 atom stereocenters. The SMILES string of the molecule is CO[C@@H](C)C1COC(C)(C)O1. The van der Waals surface area contributed by atoms with Crippen LogP contribution in [0.1, 0.15) is 20.8 Å². The Bertz CT molecular complexity index is 133. The summed E-state index contributed by atoms with van der Waals surface area (Å²) in [5, 5.41) is 0. The van der Waals surface area contributed by atoms with E-state index in [1.165, 1.54) is 0 Å². The number of methoxy groups -OCH3 is 1. The van der Waals surface area contributed by atoms with Crippen molar-refractivity contribution in [2.75, 3.05) is 13.7 Å². The summed E-state index contributed by atoms with van der Waals surface area (Å²) in [6, 6.07) is 0. The average Bonchev–Trinajstić information content (AvgIpc) is 2.29. The van der Waals surface area contributed by atoms with E-state index in [9.17, 15) is 0 Å². The molecule has 0 amide bonds. The smallest absolute Gasteiger partial charge is 0.163 e. The predicted octanol–water partition coefficient (Wildman–Crippen LogP) is 1.17. The lowest BCUT2D eigenvalue weighted by atomic mass is 10.2. The van der Waals surface area contributed by atoms with E-state index in [0.717, 1.165) is 0 Å². The molecule has 0 radical (unpaired) electrons. The second-order valence-corrected chi connectivity index (χ2v) is 3.31. The van der Waals surface area contributed by atoms with E-state index in [1.807, 2.05) is 20.8 Å². The maximum Gasteiger partial charge on any atom is 0.163 e. The van der Waals surface area contributed by atoms with Crippen LogP contribution >= 0.6 is 0 Å². The molecule has 0 aromatic rings. The molecule has 3 heteroatoms. The molecule has 1 heterocycles. The van der Waals surface area contributed by atoms with Crippen molar-refractivity contribution >= 4 is 0 Å². The molecule has 1 rings (SSSR count). The molecule has 0 aromatic carbocycles. The first-order valence-electron chi connectivity index (χ1n) is 3.90. The van der Waals surface area contributed by atoms with Gasteiger partial charge in [0.2, 0.25) is 0 Å². The molecular weight excluding hydrogens is 144 g/mol. The lowest BCUT2D eigenvalue weighted by molar-refractivity contribution is -0.151. The second kappa shape index (κ2) is 3.09. The standard InChI is InChI=1S/C8H16O3/c1-6(9-4)7-5-10-8(2,3)11-7/h6-7H,5H2,1-4H3/t6-,7?/m0/s1. The minimum Gasteiger partial charge on any atom is -0.379 e. The summed E-state index contributed by atoms with van der Waals surface area (Å²) in [6.45, 7) is 6.43. The van der Waals surface area contributed by atoms with Gasteiger partial charge in [0.15, 0.2) is 5.79 Å². The van der Waals surface area contributed by atoms with Crippen molar-refractivity contribution in [3.8, 4) is 0 Å². The molecule has 0 aromatic heterocycles. The van der Waals surface area contributed by atoms with Crippen LogP contribution in [0.5, 0.6) is 0 Å². The molecule has 1 unspecified atom stereocenters. The molecule has 0 aliphatic carbocycles. The van der Waals surface area contributed by atoms with E-state index in [0.29, 0.717) is 6.61 Å². The van der Waals surface area contributed by atoms with Crippen molar-refractivity contribution in [2.45, 2.75) is 38.8 Å². The van der Waals surface area contributed by atoms with Crippen molar-refractivity contribution in [3.63, 3.8) is 0 Å². The minimum absolute atomic E-state index is 0.0787. The van der Waals surface area contributed by atoms with Gasteiger partial charge >= 0.3 is 0 Å². The van der Waals surface area contributed by atoms with Gasteiger partial charge in [0.1, 0.15) is 6.10 Å². The monoisotopic (exact) mass is 160 g/mol. The number of hydrogen-bond acceptors (Lipinski definition) is 3. The predicted molar refractivity (Wildman–Crippen MR) is 41.4 cm³/mol. The molecule has 1 fully saturated rings. The van der Waals surface area contributed by atoms with E-state index < -0.39 is 5.79 Å². The van der Waals surface area contributed by atoms with Gasteiger partial charge in [0, 0.05) is 7.11 Å². The molecule has 0 bridgehead atoms. The molecule has 1 saturated heterocycles. The normalized spacial score (nSPS) is 32.2. The Kier molecular flexibility index (Phi) is 2.52. The quantitative estimate of drug-likeness (QED) is 0.607. The van der Waals surface area contributed by atoms with Gasteiger partial charge in [0.05, 0.1) is 12.7 Å². The zero-order valence-electron chi connectivity index (χ0n) is 7.59. The van der Waals surface area contributed by atoms with Gasteiger partial charge in [-0.05, 0) is 20.8 Å². The van der Waals surface area contributed by atoms with Crippen LogP contribution in [0.15, 0.2) is 0 Å². The summed E-state index contributed by atoms with van der Waals surface area (Å²) in [4.78, 5) is 0. The molecule has 11 heavy (non-hydrogen) atoms. The number of ether oxygens (including phenoxy) is 3. The van der Waals surface area contributed by atoms with Crippen LogP contribution in [0.4, 0.5) is 0 Å². The van der Waals surface area contributed by atoms with E-state index in [1.54, 1.807) is 7.11 Å². The van der Waals surface area contributed by atoms with Crippen LogP contribution in [0.2, 0.25) is 0 Å². The van der Waals surface area contributed by atoms with Crippen molar-refractivity contribution in [3.05, 3.63) is 0 Å². The van der Waals surface area contributed by atoms with E-state index in [2.05, 4.69) is 0 Å². The summed E-state index contributed by atoms with van der Waals surface area (Å²) in [5.74, 6) is -0.433. The number of hydrogen-bond donors (Lipinski definition) is 0. The van der Waals surface area contributed by atoms with Crippen molar-refractivity contribution in [1.82, 2.24) is 0 Å². The second-order valence-electron chi connectivity index (χ2n) is 3.31. The van der Waals surface area contributed by atoms with E-state index in [4.69, 9.17) is 14.2 Å². The fourth-order valence-corrected chi connectivity index (χ4v) is 1.10. The topological polar surface area (TPSA) is 27.7 Å². The van der Waals surface area contributed by atoms with Gasteiger partial charge < -0.3 is 14.2 Å². The molecule has 1 aliphatic heterocycles. The van der Waals surface area contributed by atoms with Gasteiger partial charge in [-0.2, -0.15) is 0 Å². The third kappa shape index (κ3) is 2.15. The average molecular weight is 160 g/mol. The summed E-state index contributed by atoms with van der Waals surface area (Å²) < 4.78 is 16.1. The highest BCUT2D eigenvalue weighted by molar-refractivity contribution is 4.75. The number of rotatable bonds is 2. The summed E-state index contributed by atoms with van der Waals surface area (Å²) in [7, 11) is 1.68. The van der Waals surface area contributed by atoms with Crippen LogP contribution < -0.4 is 0 Å². The largest absolute Gasteiger partial charge is 0.379 e. The summed E-state index contributed by atoms with van der Waals surface area (Å²) in [6.07, 6.45) is 0.187. The molecule has 1 aliphatic rings. The first-order valence-corrected chi connectivity index (χ1v) is 3.90. The van der Waals surface area contributed by atoms with Crippen molar-refractivity contribution in [2.24, 2.45) is 0 Å². The summed E-state index contributed by atoms with van der Waals surface area (Å²) in [5.41, 5.74) is 0. The maximum atomic E-state index is 5.55. The fourth-order valence-electron chi connectivity index (χ4n) is 1.10. The molecule has 0 spiro atoms. The van der Waals surface area contributed by atoms with Gasteiger partial charge in [-0.15, -0.1) is 0 Å². The Hall–Kier alpha value is -0.120. The lowest BCUT2D eigenvalue weighted by Gasteiger charge is -2.19. The Morgan fingerprint density at radius 3 is 2.55 bits per heavy atom. The molecule has 3 nitrogen and oxygen atoms in total. The zero-order valence-corrected chi connectivity index (χ0v) is 7.59. The Labute approximate surface area is 67.6 Å². The molecule has 66 valence electrons. The maximum absolute atomic E-state index is 5.55. The highest BCUT2D eigenvalue weighted by atomic mass is 16.7. The van der Waals surface area contributed by atoms with Gasteiger partial charge in [-0.1, -0.05) is 0 Å². The lowest BCUT2D eigenvalue weighted by Crippen LogP contribution is -2.29. The molecule has 0 saturated carbocycles. The van der Waals surface area contributed by atoms with Crippen LogP contribution in [0, 0.1) is 0 Å². The molecular formula is C8H16O3. The van der Waals surface area contributed by atoms with Gasteiger partial charge in [-0.25, -0.2) is 0 Å². The first kappa shape index (κ1) is 8.97. The fraction of sp³-hybridized carbons (Fsp3) is 1.00. The van der Waals surface area contributed by atoms with Crippen molar-refractivity contribution < 1.29 is 14.2 Å². The third-order valence-electron chi connectivity index (χ3n) is 1.93.